The number of nitrogen functional groups attached to an aromatic ring is 1. The first kappa shape index (κ1) is 85.9. The number of nitrogens with zero attached hydrogens (tertiary/aromatic N) is 76. The molecule has 0 amide bonds. The van der Waals surface area contributed by atoms with E-state index >= 15 is 0 Å². The number of aryl methyl sites for hydroxylation is 3. The molecular formula is C29H38F2N80O. The van der Waals surface area contributed by atoms with Gasteiger partial charge in [0.1, 0.15) is 12.3 Å². The van der Waals surface area contributed by atoms with E-state index in [0.29, 0.717) is 17.3 Å². The van der Waals surface area contributed by atoms with Gasteiger partial charge in [0.15, 0.2) is 5.75 Å². The maximum Gasteiger partial charge on any atom is 0.272 e. The third kappa shape index (κ3) is 41.4. The number of likely N-dealkylation sites (N-methyl/N-ethyl adjacent to an activating group) is 2. The highest BCUT2D eigenvalue weighted by atomic mass is 19.3. The van der Waals surface area contributed by atoms with Gasteiger partial charge >= 0.3 is 0 Å². The summed E-state index contributed by atoms with van der Waals surface area (Å²) < 4.78 is 33.8. The first-order valence-corrected chi connectivity index (χ1v) is 27.6. The smallest absolute Gasteiger partial charge is 0.272 e. The minimum Gasteiger partial charge on any atom is -0.484 e. The van der Waals surface area contributed by atoms with Crippen molar-refractivity contribution in [3.8, 4) is 17.0 Å². The molecule has 6 N–H and O–H groups in total. The zero-order valence-electron chi connectivity index (χ0n) is 55.7. The normalized spacial score (nSPS) is 14.6. The lowest BCUT2D eigenvalue weighted by Crippen LogP contribution is -2.29. The van der Waals surface area contributed by atoms with E-state index in [4.69, 9.17) is 21.0 Å². The van der Waals surface area contributed by atoms with Gasteiger partial charge in [-0.05, 0) is 135 Å². The van der Waals surface area contributed by atoms with E-state index in [1.54, 1.807) is 0 Å². The first-order valence-electron chi connectivity index (χ1n) is 27.6. The van der Waals surface area contributed by atoms with Crippen LogP contribution < -0.4 is 26.5 Å². The Morgan fingerprint density at radius 2 is 0.804 bits per heavy atom. The molecule has 0 saturated heterocycles. The van der Waals surface area contributed by atoms with Crippen LogP contribution in [0.4, 0.5) is 31.8 Å². The summed E-state index contributed by atoms with van der Waals surface area (Å²) in [6.07, 6.45) is 2.95. The van der Waals surface area contributed by atoms with Gasteiger partial charge < -0.3 is 36.0 Å². The molecule has 4 aromatic rings. The molecule has 0 saturated carbocycles. The van der Waals surface area contributed by atoms with Crippen molar-refractivity contribution in [3.05, 3.63) is 53.9 Å². The summed E-state index contributed by atoms with van der Waals surface area (Å²) in [5.74, 6) is 5.18. The van der Waals surface area contributed by atoms with Crippen LogP contribution in [0.2, 0.25) is 0 Å². The number of nitrogens with one attached hydrogen (secondary N) is 2. The van der Waals surface area contributed by atoms with Crippen LogP contribution in [0.15, 0.2) is 414 Å². The average Bonchev–Trinajstić information content (AvgIpc) is 1.60. The van der Waals surface area contributed by atoms with E-state index < -0.39 is 13.0 Å². The van der Waals surface area contributed by atoms with Crippen molar-refractivity contribution in [3.63, 3.8) is 0 Å². The van der Waals surface area contributed by atoms with E-state index in [9.17, 15) is 8.78 Å². The summed E-state index contributed by atoms with van der Waals surface area (Å²) >= 11 is 0. The van der Waals surface area contributed by atoms with E-state index in [0.717, 1.165) is 65.9 Å². The number of nitrogens with two attached hydrogens (primary N) is 2. The quantitative estimate of drug-likeness (QED) is 0.0142. The van der Waals surface area contributed by atoms with E-state index in [2.05, 4.69) is 407 Å². The number of para-hydroxylation sites is 1. The largest absolute Gasteiger partial charge is 0.484 e. The Morgan fingerprint density at radius 3 is 1.12 bits per heavy atom. The van der Waals surface area contributed by atoms with E-state index in [-0.39, 0.29) is 5.75 Å². The van der Waals surface area contributed by atoms with Crippen molar-refractivity contribution in [2.75, 3.05) is 56.8 Å². The fourth-order valence-electron chi connectivity index (χ4n) is 6.33. The number of anilines is 4. The number of rotatable bonds is 45. The fourth-order valence-corrected chi connectivity index (χ4v) is 6.33. The summed E-state index contributed by atoms with van der Waals surface area (Å²) in [6, 6.07) is 10.1. The Bertz CT molecular complexity index is 4630. The monoisotopic (exact) mass is 1560 g/mol. The summed E-state index contributed by atoms with van der Waals surface area (Å²) in [6.45, 7) is 3.90. The number of alkyl halides is 2. The molecule has 0 bridgehead atoms. The molecule has 1 aliphatic heterocycles. The van der Waals surface area contributed by atoms with E-state index in [1.807, 2.05) is 58.5 Å². The average molecular weight is 1560 g/mol. The van der Waals surface area contributed by atoms with Gasteiger partial charge in [0.25, 0.3) is 6.43 Å². The Labute approximate surface area is 608 Å². The number of benzene rings is 2. The lowest BCUT2D eigenvalue weighted by Gasteiger charge is -2.24. The minimum atomic E-state index is -2.61. The second-order valence-electron chi connectivity index (χ2n) is 16.7. The van der Waals surface area contributed by atoms with Gasteiger partial charge in [-0.1, -0.05) is 23.4 Å². The number of hydrogen-bond acceptors (Lipinski definition) is 9. The highest BCUT2D eigenvalue weighted by Crippen LogP contribution is 2.39. The molecule has 0 radical (unpaired) electrons. The van der Waals surface area contributed by atoms with Crippen LogP contribution in [-0.2, 0) is 13.0 Å². The molecule has 0 atom stereocenters. The number of hydrogen-bond donors (Lipinski definition) is 4. The molecule has 2 aromatic heterocycles. The van der Waals surface area contributed by atoms with Crippen LogP contribution in [0.25, 0.3) is 22.2 Å². The van der Waals surface area contributed by atoms with Crippen molar-refractivity contribution in [2.24, 2.45) is 377 Å². The molecule has 0 spiro atoms. The predicted octanol–water partition coefficient (Wildman–Crippen LogP) is 18.1. The van der Waals surface area contributed by atoms with Gasteiger partial charge in [0.05, 0.1) is 23.1 Å². The molecule has 0 aliphatic carbocycles. The molecule has 83 heteroatoms. The van der Waals surface area contributed by atoms with Crippen LogP contribution in [0, 0.1) is 12.5 Å². The first-order chi connectivity index (χ1) is 55.1. The molecule has 2 aromatic carbocycles. The zero-order chi connectivity index (χ0) is 79.9. The van der Waals surface area contributed by atoms with Crippen molar-refractivity contribution < 1.29 is 13.5 Å². The van der Waals surface area contributed by atoms with Crippen molar-refractivity contribution in [2.45, 2.75) is 32.7 Å². The number of halogens is 2. The third-order valence-corrected chi connectivity index (χ3v) is 9.93. The SMILES string of the molecule is Cc1cc(N(C)CCN(C)C)c(N)cc1Nc1ncc(OCC(F)F)c(-c2cn3c4c(cccc24)CCC3)n1.N=N/N=N/N=N/N=N/N=N/N=N/N=N/N=N/N=N/N=N/N=N/N=N/N=N/N=N/N=N/N=N/N=N/N=N/N=N/N=N/N=N/N=N/N=N/N=N/N=N/N=N/N=N/N=N/N=N/N=N/N=N/N=N/N=N/N=N/N=N/N=N/N. The van der Waals surface area contributed by atoms with Gasteiger partial charge in [-0.2, -0.15) is 5.53 Å². The Kier molecular flexibility index (Phi) is 45.3. The summed E-state index contributed by atoms with van der Waals surface area (Å²) in [5.41, 5.74) is 19.8. The van der Waals surface area contributed by atoms with Crippen LogP contribution >= 0.6 is 0 Å². The zero-order valence-corrected chi connectivity index (χ0v) is 55.7. The molecule has 5 rings (SSSR count). The highest BCUT2D eigenvalue weighted by molar-refractivity contribution is 5.98. The Morgan fingerprint density at radius 1 is 0.473 bits per heavy atom. The topological polar surface area (TPSA) is 1010 Å². The molecule has 574 valence electrons. The van der Waals surface area contributed by atoms with Crippen molar-refractivity contribution >= 4 is 33.9 Å². The maximum atomic E-state index is 13.1. The molecule has 0 unspecified atom stereocenters. The Hall–Kier alpha value is -18.5. The molecule has 112 heavy (non-hydrogen) atoms. The molecule has 81 nitrogen and oxygen atoms in total. The number of aromatic nitrogens is 3. The number of ether oxygens (including phenoxy) is 1. The summed E-state index contributed by atoms with van der Waals surface area (Å²) in [7, 11) is 6.10. The standard InChI is InChI=1S/C29H35F2N7O.H3N73/c1-18-13-24(37(4)12-11-36(2)3)22(32)14-23(18)34-29-33-15-25(39-17-26(30)31)27(35-29)21-16-38-10-6-8-19-7-5-9-20(21)28(19)38;1-3-5-7-9-11-13-15-17-19-21-23-25-27-29-31-33-35-37-39-41-43-45-47-49-51-53-55-57-59-61-63-65-67-69-71-73-72-70-68-66-64-62-60-58-56-54-52-50-48-46-44-42-40-38-36-34-32-30-28-26-24-22-20-18-16-14-12-10-8-6-4-2/h5,7,9,13-16,26H,6,8,10-12,17,32H2,1-4H3,(H,33,34,35);(H3,1,2,5,6,9,10,13,14,17,18,21,22,25,26,29,30,33,34,37,38,41,42,45,46,49,50,53,54,57,58,61,62,65,66,69,70,73). The Balaban J connectivity index is 0.000000560. The molecule has 3 heterocycles. The minimum absolute atomic E-state index is 0.221. The van der Waals surface area contributed by atoms with Crippen LogP contribution in [-0.4, -0.2) is 66.7 Å². The van der Waals surface area contributed by atoms with Gasteiger partial charge in [0.2, 0.25) is 5.95 Å². The second-order valence-corrected chi connectivity index (χ2v) is 16.7. The second kappa shape index (κ2) is 59.1. The third-order valence-electron chi connectivity index (χ3n) is 9.93. The van der Waals surface area contributed by atoms with Gasteiger partial charge in [-0.15, -0.1) is 0 Å². The molecule has 1 aliphatic rings. The summed E-state index contributed by atoms with van der Waals surface area (Å²) in [5, 5.41) is 215. The lowest BCUT2D eigenvalue weighted by molar-refractivity contribution is 0.0818. The predicted molar refractivity (Wildman–Crippen MR) is 333 cm³/mol. The fraction of sp³-hybridized carbons (Fsp3) is 0.379. The van der Waals surface area contributed by atoms with Crippen molar-refractivity contribution in [1.29, 1.82) is 5.53 Å². The maximum absolute atomic E-state index is 13.1. The van der Waals surface area contributed by atoms with Crippen LogP contribution in [0.3, 0.4) is 0 Å². The van der Waals surface area contributed by atoms with Gasteiger partial charge in [-0.3, -0.25) is 0 Å². The summed E-state index contributed by atoms with van der Waals surface area (Å²) in [4.78, 5) is 13.4. The highest BCUT2D eigenvalue weighted by Gasteiger charge is 2.22. The van der Waals surface area contributed by atoms with Gasteiger partial charge in [0, 0.05) is 337 Å². The van der Waals surface area contributed by atoms with E-state index in [1.165, 1.54) is 11.8 Å². The van der Waals surface area contributed by atoms with Gasteiger partial charge in [-0.25, -0.2) is 18.7 Å². The van der Waals surface area contributed by atoms with Crippen LogP contribution in [0.5, 0.6) is 5.75 Å². The molecule has 0 fully saturated rings. The lowest BCUT2D eigenvalue weighted by atomic mass is 10.0. The van der Waals surface area contributed by atoms with Crippen molar-refractivity contribution in [1.82, 2.24) is 19.4 Å². The van der Waals surface area contributed by atoms with Crippen LogP contribution in [0.1, 0.15) is 17.5 Å². The molecular weight excluding hydrogens is 1520 g/mol.